The number of rotatable bonds is 8. The van der Waals surface area contributed by atoms with Crippen LogP contribution in [0.1, 0.15) is 41.5 Å². The van der Waals surface area contributed by atoms with Crippen molar-refractivity contribution in [3.63, 3.8) is 0 Å². The molecule has 0 atom stereocenters. The van der Waals surface area contributed by atoms with Crippen molar-refractivity contribution in [1.82, 2.24) is 14.2 Å². The number of sulfonamides is 1. The van der Waals surface area contributed by atoms with E-state index in [0.717, 1.165) is 11.1 Å². The van der Waals surface area contributed by atoms with Crippen LogP contribution in [0, 0.1) is 0 Å². The van der Waals surface area contributed by atoms with Crippen molar-refractivity contribution in [3.05, 3.63) is 89.7 Å². The molecule has 30 heavy (non-hydrogen) atoms. The molecule has 0 bridgehead atoms. The lowest BCUT2D eigenvalue weighted by molar-refractivity contribution is 0.0934. The molecule has 158 valence electrons. The molecule has 0 unspecified atom stereocenters. The van der Waals surface area contributed by atoms with Crippen molar-refractivity contribution in [2.45, 2.75) is 24.8 Å². The van der Waals surface area contributed by atoms with Gasteiger partial charge in [-0.2, -0.15) is 4.31 Å². The Morgan fingerprint density at radius 3 is 1.93 bits per heavy atom. The molecule has 3 rings (SSSR count). The number of nitrogens with zero attached hydrogens (tertiary/aromatic N) is 2. The van der Waals surface area contributed by atoms with Crippen LogP contribution in [0.25, 0.3) is 0 Å². The second kappa shape index (κ2) is 9.28. The van der Waals surface area contributed by atoms with Gasteiger partial charge in [0, 0.05) is 26.3 Å². The molecule has 0 spiro atoms. The lowest BCUT2D eigenvalue weighted by atomic mass is 9.98. The lowest BCUT2D eigenvalue weighted by Crippen LogP contribution is -2.31. The average Bonchev–Trinajstić information content (AvgIpc) is 3.16. The molecular weight excluding hydrogens is 398 g/mol. The third-order valence-electron chi connectivity index (χ3n) is 5.10. The monoisotopic (exact) mass is 425 g/mol. The van der Waals surface area contributed by atoms with E-state index in [4.69, 9.17) is 0 Å². The summed E-state index contributed by atoms with van der Waals surface area (Å²) in [5.41, 5.74) is 2.18. The predicted molar refractivity (Wildman–Crippen MR) is 118 cm³/mol. The summed E-state index contributed by atoms with van der Waals surface area (Å²) in [5, 5.41) is 3.06. The van der Waals surface area contributed by atoms with Gasteiger partial charge in [0.15, 0.2) is 0 Å². The van der Waals surface area contributed by atoms with Crippen LogP contribution in [0.3, 0.4) is 0 Å². The SMILES string of the molecule is CCN(CC)S(=O)(=O)c1cc(C(=O)NC(c2ccccc2)c2ccccc2)n(C)c1. The normalized spacial score (nSPS) is 11.8. The number of carbonyl (C=O) groups excluding carboxylic acids is 1. The first kappa shape index (κ1) is 21.8. The Morgan fingerprint density at radius 1 is 0.967 bits per heavy atom. The molecule has 0 saturated carbocycles. The Labute approximate surface area is 178 Å². The minimum atomic E-state index is -3.64. The number of benzene rings is 2. The first-order valence-electron chi connectivity index (χ1n) is 9.95. The van der Waals surface area contributed by atoms with Crippen LogP contribution in [-0.2, 0) is 17.1 Å². The van der Waals surface area contributed by atoms with Gasteiger partial charge in [-0.3, -0.25) is 4.79 Å². The van der Waals surface area contributed by atoms with Crippen LogP contribution in [0.15, 0.2) is 77.8 Å². The fourth-order valence-corrected chi connectivity index (χ4v) is 5.00. The zero-order valence-corrected chi connectivity index (χ0v) is 18.3. The minimum absolute atomic E-state index is 0.120. The third kappa shape index (κ3) is 4.47. The van der Waals surface area contributed by atoms with Crippen molar-refractivity contribution in [2.24, 2.45) is 7.05 Å². The highest BCUT2D eigenvalue weighted by molar-refractivity contribution is 7.89. The predicted octanol–water partition coefficient (Wildman–Crippen LogP) is 3.58. The van der Waals surface area contributed by atoms with E-state index in [1.54, 1.807) is 25.5 Å². The van der Waals surface area contributed by atoms with E-state index >= 15 is 0 Å². The Balaban J connectivity index is 1.93. The van der Waals surface area contributed by atoms with Gasteiger partial charge in [-0.25, -0.2) is 8.42 Å². The van der Waals surface area contributed by atoms with E-state index in [-0.39, 0.29) is 22.5 Å². The Kier molecular flexibility index (Phi) is 6.74. The van der Waals surface area contributed by atoms with Gasteiger partial charge in [0.2, 0.25) is 10.0 Å². The maximum atomic E-state index is 13.1. The van der Waals surface area contributed by atoms with E-state index in [1.165, 1.54) is 16.6 Å². The highest BCUT2D eigenvalue weighted by Gasteiger charge is 2.26. The molecule has 7 heteroatoms. The van der Waals surface area contributed by atoms with E-state index in [0.29, 0.717) is 13.1 Å². The molecule has 1 amide bonds. The fraction of sp³-hybridized carbons (Fsp3) is 0.261. The van der Waals surface area contributed by atoms with E-state index in [9.17, 15) is 13.2 Å². The molecule has 0 radical (unpaired) electrons. The molecule has 3 aromatic rings. The van der Waals surface area contributed by atoms with E-state index in [2.05, 4.69) is 5.32 Å². The summed E-state index contributed by atoms with van der Waals surface area (Å²) >= 11 is 0. The first-order chi connectivity index (χ1) is 14.4. The van der Waals surface area contributed by atoms with Gasteiger partial charge in [0.05, 0.1) is 6.04 Å². The van der Waals surface area contributed by atoms with E-state index in [1.807, 2.05) is 60.7 Å². The third-order valence-corrected chi connectivity index (χ3v) is 7.11. The molecule has 6 nitrogen and oxygen atoms in total. The molecule has 0 saturated heterocycles. The smallest absolute Gasteiger partial charge is 0.268 e. The number of amides is 1. The molecule has 0 aliphatic rings. The van der Waals surface area contributed by atoms with Crippen LogP contribution in [0.2, 0.25) is 0 Å². The summed E-state index contributed by atoms with van der Waals surface area (Å²) < 4.78 is 28.6. The van der Waals surface area contributed by atoms with Crippen LogP contribution < -0.4 is 5.32 Å². The highest BCUT2D eigenvalue weighted by atomic mass is 32.2. The molecule has 1 aromatic heterocycles. The summed E-state index contributed by atoms with van der Waals surface area (Å²) in [7, 11) is -1.96. The zero-order valence-electron chi connectivity index (χ0n) is 17.4. The van der Waals surface area contributed by atoms with Crippen molar-refractivity contribution >= 4 is 15.9 Å². The van der Waals surface area contributed by atoms with E-state index < -0.39 is 10.0 Å². The topological polar surface area (TPSA) is 71.4 Å². The standard InChI is InChI=1S/C23H27N3O3S/c1-4-26(5-2)30(28,29)20-16-21(25(3)17-20)23(27)24-22(18-12-8-6-9-13-18)19-14-10-7-11-15-19/h6-17,22H,4-5H2,1-3H3,(H,24,27). The number of aryl methyl sites for hydroxylation is 1. The van der Waals surface area contributed by atoms with Crippen LogP contribution in [-0.4, -0.2) is 36.3 Å². The van der Waals surface area contributed by atoms with Gasteiger partial charge in [-0.15, -0.1) is 0 Å². The van der Waals surface area contributed by atoms with Gasteiger partial charge in [-0.1, -0.05) is 74.5 Å². The van der Waals surface area contributed by atoms with Crippen molar-refractivity contribution in [2.75, 3.05) is 13.1 Å². The van der Waals surface area contributed by atoms with Crippen LogP contribution in [0.4, 0.5) is 0 Å². The van der Waals surface area contributed by atoms with Gasteiger partial charge in [0.1, 0.15) is 10.6 Å². The maximum Gasteiger partial charge on any atom is 0.268 e. The molecule has 0 aliphatic carbocycles. The van der Waals surface area contributed by atoms with Gasteiger partial charge < -0.3 is 9.88 Å². The molecule has 1 heterocycles. The summed E-state index contributed by atoms with van der Waals surface area (Å²) in [6.45, 7) is 4.34. The quantitative estimate of drug-likeness (QED) is 0.600. The number of nitrogens with one attached hydrogen (secondary N) is 1. The molecule has 1 N–H and O–H groups in total. The second-order valence-electron chi connectivity index (χ2n) is 6.99. The first-order valence-corrected chi connectivity index (χ1v) is 11.4. The summed E-state index contributed by atoms with van der Waals surface area (Å²) in [5.74, 6) is -0.337. The largest absolute Gasteiger partial charge is 0.345 e. The van der Waals surface area contributed by atoms with Gasteiger partial charge in [0.25, 0.3) is 5.91 Å². The number of hydrogen-bond acceptors (Lipinski definition) is 3. The molecular formula is C23H27N3O3S. The highest BCUT2D eigenvalue weighted by Crippen LogP contribution is 2.24. The Hall–Kier alpha value is -2.90. The maximum absolute atomic E-state index is 13.1. The van der Waals surface area contributed by atoms with Crippen LogP contribution in [0.5, 0.6) is 0 Å². The average molecular weight is 426 g/mol. The molecule has 0 aliphatic heterocycles. The second-order valence-corrected chi connectivity index (χ2v) is 8.93. The summed E-state index contributed by atoms with van der Waals surface area (Å²) in [4.78, 5) is 13.3. The minimum Gasteiger partial charge on any atom is -0.345 e. The summed E-state index contributed by atoms with van der Waals surface area (Å²) in [6, 6.07) is 20.5. The fourth-order valence-electron chi connectivity index (χ4n) is 3.47. The van der Waals surface area contributed by atoms with Crippen molar-refractivity contribution in [3.8, 4) is 0 Å². The number of carbonyl (C=O) groups is 1. The lowest BCUT2D eigenvalue weighted by Gasteiger charge is -2.20. The molecule has 0 fully saturated rings. The number of hydrogen-bond donors (Lipinski definition) is 1. The van der Waals surface area contributed by atoms with Gasteiger partial charge in [-0.05, 0) is 17.2 Å². The molecule has 2 aromatic carbocycles. The van der Waals surface area contributed by atoms with Crippen LogP contribution >= 0.6 is 0 Å². The Morgan fingerprint density at radius 2 is 1.47 bits per heavy atom. The van der Waals surface area contributed by atoms with Crippen molar-refractivity contribution in [1.29, 1.82) is 0 Å². The number of aromatic nitrogens is 1. The summed E-state index contributed by atoms with van der Waals surface area (Å²) in [6.07, 6.45) is 1.49. The van der Waals surface area contributed by atoms with Crippen molar-refractivity contribution < 1.29 is 13.2 Å². The van der Waals surface area contributed by atoms with Gasteiger partial charge >= 0.3 is 0 Å². The Bertz CT molecular complexity index is 1050. The zero-order chi connectivity index (χ0) is 21.7.